The second-order valence-electron chi connectivity index (χ2n) is 5.77. The summed E-state index contributed by atoms with van der Waals surface area (Å²) in [7, 11) is 0. The van der Waals surface area contributed by atoms with Crippen molar-refractivity contribution in [3.63, 3.8) is 0 Å². The van der Waals surface area contributed by atoms with E-state index >= 15 is 0 Å². The molecule has 1 aliphatic heterocycles. The van der Waals surface area contributed by atoms with Crippen LogP contribution in [0.15, 0.2) is 42.5 Å². The molecule has 0 spiro atoms. The highest BCUT2D eigenvalue weighted by Gasteiger charge is 2.30. The molecule has 9 heteroatoms. The summed E-state index contributed by atoms with van der Waals surface area (Å²) in [4.78, 5) is 23.7. The lowest BCUT2D eigenvalue weighted by atomic mass is 10.2. The largest absolute Gasteiger partial charge is 0.454 e. The SMILES string of the molecule is O=C(CC(=O)Nc1cccc(C(F)(F)F)c1)NCc1ccc2c(c1)OCO2. The Bertz CT molecular complexity index is 868. The van der Waals surface area contributed by atoms with E-state index in [9.17, 15) is 22.8 Å². The average molecular weight is 380 g/mol. The molecular weight excluding hydrogens is 365 g/mol. The van der Waals surface area contributed by atoms with E-state index in [4.69, 9.17) is 9.47 Å². The second kappa shape index (κ2) is 7.56. The van der Waals surface area contributed by atoms with E-state index in [0.717, 1.165) is 17.7 Å². The van der Waals surface area contributed by atoms with Gasteiger partial charge in [0.1, 0.15) is 6.42 Å². The number of fused-ring (bicyclic) bond motifs is 1. The van der Waals surface area contributed by atoms with E-state index in [-0.39, 0.29) is 19.0 Å². The van der Waals surface area contributed by atoms with E-state index in [0.29, 0.717) is 11.5 Å². The number of ether oxygens (including phenoxy) is 2. The molecule has 0 unspecified atom stereocenters. The fourth-order valence-electron chi connectivity index (χ4n) is 2.44. The van der Waals surface area contributed by atoms with Crippen LogP contribution in [0.25, 0.3) is 0 Å². The van der Waals surface area contributed by atoms with Gasteiger partial charge in [0.15, 0.2) is 11.5 Å². The Labute approximate surface area is 152 Å². The van der Waals surface area contributed by atoms with Crippen molar-refractivity contribution < 1.29 is 32.2 Å². The van der Waals surface area contributed by atoms with Crippen LogP contribution < -0.4 is 20.1 Å². The first-order valence-corrected chi connectivity index (χ1v) is 7.93. The number of rotatable bonds is 5. The van der Waals surface area contributed by atoms with Crippen LogP contribution in [-0.2, 0) is 22.3 Å². The maximum atomic E-state index is 12.7. The Hall–Kier alpha value is -3.23. The predicted octanol–water partition coefficient (Wildman–Crippen LogP) is 3.08. The van der Waals surface area contributed by atoms with Gasteiger partial charge in [-0.1, -0.05) is 12.1 Å². The topological polar surface area (TPSA) is 76.7 Å². The van der Waals surface area contributed by atoms with Crippen LogP contribution in [0.3, 0.4) is 0 Å². The van der Waals surface area contributed by atoms with Crippen molar-refractivity contribution in [2.24, 2.45) is 0 Å². The van der Waals surface area contributed by atoms with E-state index in [1.165, 1.54) is 12.1 Å². The van der Waals surface area contributed by atoms with Gasteiger partial charge in [0.25, 0.3) is 0 Å². The van der Waals surface area contributed by atoms with Gasteiger partial charge < -0.3 is 20.1 Å². The summed E-state index contributed by atoms with van der Waals surface area (Å²) in [6.07, 6.45) is -5.02. The zero-order valence-corrected chi connectivity index (χ0v) is 13.9. The number of carbonyl (C=O) groups is 2. The number of anilines is 1. The third-order valence-electron chi connectivity index (χ3n) is 3.72. The third kappa shape index (κ3) is 4.90. The quantitative estimate of drug-likeness (QED) is 0.782. The Morgan fingerprint density at radius 1 is 1.00 bits per heavy atom. The summed E-state index contributed by atoms with van der Waals surface area (Å²) >= 11 is 0. The van der Waals surface area contributed by atoms with E-state index in [1.807, 2.05) is 0 Å². The molecule has 0 atom stereocenters. The van der Waals surface area contributed by atoms with E-state index < -0.39 is 30.0 Å². The Morgan fingerprint density at radius 2 is 1.78 bits per heavy atom. The maximum Gasteiger partial charge on any atom is 0.416 e. The van der Waals surface area contributed by atoms with Gasteiger partial charge in [-0.25, -0.2) is 0 Å². The van der Waals surface area contributed by atoms with E-state index in [1.54, 1.807) is 18.2 Å². The summed E-state index contributed by atoms with van der Waals surface area (Å²) in [5.41, 5.74) is -0.156. The summed E-state index contributed by atoms with van der Waals surface area (Å²) in [6, 6.07) is 9.37. The van der Waals surface area contributed by atoms with Crippen LogP contribution in [0.5, 0.6) is 11.5 Å². The van der Waals surface area contributed by atoms with Crippen molar-refractivity contribution in [3.05, 3.63) is 53.6 Å². The van der Waals surface area contributed by atoms with Crippen LogP contribution in [0.2, 0.25) is 0 Å². The number of hydrogen-bond donors (Lipinski definition) is 2. The molecule has 0 bridgehead atoms. The van der Waals surface area contributed by atoms with Crippen LogP contribution in [0, 0.1) is 0 Å². The monoisotopic (exact) mass is 380 g/mol. The minimum atomic E-state index is -4.51. The second-order valence-corrected chi connectivity index (χ2v) is 5.77. The summed E-state index contributed by atoms with van der Waals surface area (Å²) in [6.45, 7) is 0.313. The molecule has 142 valence electrons. The summed E-state index contributed by atoms with van der Waals surface area (Å²) < 4.78 is 48.4. The van der Waals surface area contributed by atoms with Gasteiger partial charge in [0.2, 0.25) is 18.6 Å². The maximum absolute atomic E-state index is 12.7. The molecule has 0 aromatic heterocycles. The van der Waals surface area contributed by atoms with Gasteiger partial charge in [-0.15, -0.1) is 0 Å². The van der Waals surface area contributed by atoms with Gasteiger partial charge in [0.05, 0.1) is 5.56 Å². The zero-order chi connectivity index (χ0) is 19.4. The third-order valence-corrected chi connectivity index (χ3v) is 3.72. The lowest BCUT2D eigenvalue weighted by Crippen LogP contribution is -2.27. The molecule has 0 radical (unpaired) electrons. The highest BCUT2D eigenvalue weighted by atomic mass is 19.4. The summed E-state index contributed by atoms with van der Waals surface area (Å²) in [5, 5.41) is 4.85. The molecule has 27 heavy (non-hydrogen) atoms. The Kier molecular flexibility index (Phi) is 5.20. The van der Waals surface area contributed by atoms with Gasteiger partial charge >= 0.3 is 6.18 Å². The van der Waals surface area contributed by atoms with Crippen molar-refractivity contribution in [3.8, 4) is 11.5 Å². The first kappa shape index (κ1) is 18.6. The first-order chi connectivity index (χ1) is 12.8. The van der Waals surface area contributed by atoms with Crippen LogP contribution in [0.4, 0.5) is 18.9 Å². The van der Waals surface area contributed by atoms with Crippen molar-refractivity contribution in [2.75, 3.05) is 12.1 Å². The number of nitrogens with one attached hydrogen (secondary N) is 2. The van der Waals surface area contributed by atoms with Gasteiger partial charge in [-0.05, 0) is 35.9 Å². The van der Waals surface area contributed by atoms with Gasteiger partial charge in [0, 0.05) is 12.2 Å². The van der Waals surface area contributed by atoms with E-state index in [2.05, 4.69) is 10.6 Å². The van der Waals surface area contributed by atoms with Gasteiger partial charge in [-0.3, -0.25) is 9.59 Å². The summed E-state index contributed by atoms with van der Waals surface area (Å²) in [5.74, 6) is -0.0794. The minimum absolute atomic E-state index is 0.0293. The standard InChI is InChI=1S/C18H15F3N2O4/c19-18(20,21)12-2-1-3-13(7-12)23-17(25)8-16(24)22-9-11-4-5-14-15(6-11)27-10-26-14/h1-7H,8-10H2,(H,22,24)(H,23,25). The first-order valence-electron chi connectivity index (χ1n) is 7.93. The molecule has 3 rings (SSSR count). The van der Waals surface area contributed by atoms with Crippen LogP contribution >= 0.6 is 0 Å². The highest BCUT2D eigenvalue weighted by Crippen LogP contribution is 2.32. The lowest BCUT2D eigenvalue weighted by molar-refractivity contribution is -0.137. The molecule has 2 amide bonds. The lowest BCUT2D eigenvalue weighted by Gasteiger charge is -2.10. The van der Waals surface area contributed by atoms with Crippen molar-refractivity contribution in [1.82, 2.24) is 5.32 Å². The Morgan fingerprint density at radius 3 is 2.56 bits per heavy atom. The molecule has 2 N–H and O–H groups in total. The Balaban J connectivity index is 1.50. The molecular formula is C18H15F3N2O4. The molecule has 0 saturated carbocycles. The van der Waals surface area contributed by atoms with Crippen LogP contribution in [0.1, 0.15) is 17.5 Å². The number of halogens is 3. The molecule has 1 heterocycles. The molecule has 0 fully saturated rings. The van der Waals surface area contributed by atoms with Crippen molar-refractivity contribution in [1.29, 1.82) is 0 Å². The normalized spacial score (nSPS) is 12.6. The fraction of sp³-hybridized carbons (Fsp3) is 0.222. The highest BCUT2D eigenvalue weighted by molar-refractivity contribution is 6.03. The predicted molar refractivity (Wildman–Crippen MR) is 89.1 cm³/mol. The molecule has 0 saturated heterocycles. The smallest absolute Gasteiger partial charge is 0.416 e. The molecule has 2 aromatic rings. The minimum Gasteiger partial charge on any atom is -0.454 e. The molecule has 0 aliphatic carbocycles. The molecule has 6 nitrogen and oxygen atoms in total. The fourth-order valence-corrected chi connectivity index (χ4v) is 2.44. The number of carbonyl (C=O) groups excluding carboxylic acids is 2. The zero-order valence-electron chi connectivity index (χ0n) is 13.9. The molecule has 1 aliphatic rings. The number of hydrogen-bond acceptors (Lipinski definition) is 4. The average Bonchev–Trinajstić information content (AvgIpc) is 3.07. The number of benzene rings is 2. The van der Waals surface area contributed by atoms with Crippen molar-refractivity contribution >= 4 is 17.5 Å². The van der Waals surface area contributed by atoms with Gasteiger partial charge in [-0.2, -0.15) is 13.2 Å². The number of amides is 2. The molecule has 2 aromatic carbocycles. The van der Waals surface area contributed by atoms with Crippen LogP contribution in [-0.4, -0.2) is 18.6 Å². The number of alkyl halides is 3. The van der Waals surface area contributed by atoms with Crippen molar-refractivity contribution in [2.45, 2.75) is 19.1 Å².